The molecule has 3 N–H and O–H groups in total. The van der Waals surface area contributed by atoms with E-state index in [-0.39, 0.29) is 29.9 Å². The van der Waals surface area contributed by atoms with Crippen molar-refractivity contribution in [1.29, 1.82) is 0 Å². The van der Waals surface area contributed by atoms with Gasteiger partial charge in [-0.15, -0.1) is 0 Å². The van der Waals surface area contributed by atoms with E-state index in [1.54, 1.807) is 0 Å². The van der Waals surface area contributed by atoms with E-state index in [4.69, 9.17) is 4.18 Å². The zero-order chi connectivity index (χ0) is 26.0. The molecule has 0 unspecified atom stereocenters. The number of hydrogen-bond donors (Lipinski definition) is 3. The van der Waals surface area contributed by atoms with Gasteiger partial charge in [0.2, 0.25) is 5.78 Å². The zero-order valence-corrected chi connectivity index (χ0v) is 19.5. The van der Waals surface area contributed by atoms with Gasteiger partial charge in [-0.05, 0) is 31.0 Å². The molecule has 0 saturated heterocycles. The average molecular weight is 526 g/mol. The molecule has 1 fully saturated rings. The summed E-state index contributed by atoms with van der Waals surface area (Å²) < 4.78 is 72.7. The Morgan fingerprint density at radius 2 is 1.97 bits per heavy atom. The van der Waals surface area contributed by atoms with E-state index in [2.05, 4.69) is 20.4 Å². The van der Waals surface area contributed by atoms with Crippen molar-refractivity contribution >= 4 is 21.9 Å². The van der Waals surface area contributed by atoms with Gasteiger partial charge in [0.05, 0.1) is 18.2 Å². The minimum atomic E-state index is -4.01. The van der Waals surface area contributed by atoms with Crippen LogP contribution in [0.4, 0.5) is 19.0 Å². The SMILES string of the molecule is CNS(=O)(=O)O[C@@H]1C[C@H](Nc2ncncc2C(=O)c2ccn(Cc3c(F)ccc(F)c3F)n2)C[C@@H]1O. The fourth-order valence-electron chi connectivity index (χ4n) is 3.80. The fraction of sp³-hybridized carbons (Fsp3) is 0.333. The first-order valence-corrected chi connectivity index (χ1v) is 12.1. The first-order chi connectivity index (χ1) is 17.1. The molecule has 1 aromatic carbocycles. The van der Waals surface area contributed by atoms with Crippen LogP contribution in [0.25, 0.3) is 0 Å². The van der Waals surface area contributed by atoms with E-state index in [0.717, 1.165) is 10.7 Å². The highest BCUT2D eigenvalue weighted by molar-refractivity contribution is 7.84. The number of anilines is 1. The third kappa shape index (κ3) is 5.53. The number of halogens is 3. The topological polar surface area (TPSA) is 148 Å². The summed E-state index contributed by atoms with van der Waals surface area (Å²) in [5.74, 6) is -4.00. The molecule has 0 amide bonds. The molecule has 11 nitrogen and oxygen atoms in total. The predicted molar refractivity (Wildman–Crippen MR) is 119 cm³/mol. The number of aliphatic hydroxyl groups excluding tert-OH is 1. The van der Waals surface area contributed by atoms with Gasteiger partial charge in [0.1, 0.15) is 29.8 Å². The van der Waals surface area contributed by atoms with Crippen LogP contribution < -0.4 is 10.0 Å². The molecule has 3 aromatic rings. The molecular weight excluding hydrogens is 505 g/mol. The number of nitrogens with zero attached hydrogens (tertiary/aromatic N) is 4. The lowest BCUT2D eigenvalue weighted by Crippen LogP contribution is -2.31. The van der Waals surface area contributed by atoms with Crippen molar-refractivity contribution in [2.45, 2.75) is 37.6 Å². The highest BCUT2D eigenvalue weighted by Gasteiger charge is 2.37. The normalized spacial score (nSPS) is 20.0. The van der Waals surface area contributed by atoms with E-state index >= 15 is 0 Å². The largest absolute Gasteiger partial charge is 0.390 e. The number of aliphatic hydroxyl groups is 1. The summed E-state index contributed by atoms with van der Waals surface area (Å²) in [6, 6.07) is 2.31. The van der Waals surface area contributed by atoms with Crippen LogP contribution in [0, 0.1) is 17.5 Å². The molecule has 15 heteroatoms. The van der Waals surface area contributed by atoms with Gasteiger partial charge in [0.15, 0.2) is 11.6 Å². The van der Waals surface area contributed by atoms with Gasteiger partial charge in [-0.2, -0.15) is 18.2 Å². The summed E-state index contributed by atoms with van der Waals surface area (Å²) in [4.78, 5) is 21.0. The Hall–Kier alpha value is -3.40. The number of nitrogens with one attached hydrogen (secondary N) is 2. The lowest BCUT2D eigenvalue weighted by molar-refractivity contribution is 0.0636. The third-order valence-corrected chi connectivity index (χ3v) is 6.60. The zero-order valence-electron chi connectivity index (χ0n) is 18.7. The highest BCUT2D eigenvalue weighted by atomic mass is 32.2. The molecule has 0 radical (unpaired) electrons. The van der Waals surface area contributed by atoms with Crippen molar-refractivity contribution in [3.05, 3.63) is 71.2 Å². The minimum absolute atomic E-state index is 0.0209. The molecule has 0 aliphatic heterocycles. The summed E-state index contributed by atoms with van der Waals surface area (Å²) >= 11 is 0. The summed E-state index contributed by atoms with van der Waals surface area (Å²) in [6.07, 6.45) is 1.91. The first-order valence-electron chi connectivity index (χ1n) is 10.6. The lowest BCUT2D eigenvalue weighted by Gasteiger charge is -2.15. The molecule has 192 valence electrons. The molecule has 1 aliphatic rings. The smallest absolute Gasteiger partial charge is 0.335 e. The number of rotatable bonds is 9. The second kappa shape index (κ2) is 10.3. The predicted octanol–water partition coefficient (Wildman–Crippen LogP) is 1.15. The van der Waals surface area contributed by atoms with Gasteiger partial charge >= 0.3 is 10.3 Å². The van der Waals surface area contributed by atoms with Gasteiger partial charge in [0.25, 0.3) is 0 Å². The quantitative estimate of drug-likeness (QED) is 0.276. The van der Waals surface area contributed by atoms with Crippen molar-refractivity contribution in [2.75, 3.05) is 12.4 Å². The van der Waals surface area contributed by atoms with Crippen LogP contribution in [0.3, 0.4) is 0 Å². The van der Waals surface area contributed by atoms with Crippen LogP contribution in [0.2, 0.25) is 0 Å². The summed E-state index contributed by atoms with van der Waals surface area (Å²) in [5.41, 5.74) is -0.607. The van der Waals surface area contributed by atoms with E-state index in [0.29, 0.717) is 6.07 Å². The van der Waals surface area contributed by atoms with Gasteiger partial charge in [-0.1, -0.05) is 0 Å². The van der Waals surface area contributed by atoms with Crippen LogP contribution in [0.5, 0.6) is 0 Å². The standard InChI is InChI=1S/C21H21F3N6O5S/c1-25-36(33,34)35-18-7-11(6-17(18)31)28-21-12(8-26-10-27-21)20(32)16-4-5-30(29-16)9-13-14(22)2-3-15(23)19(13)24/h2-5,8,10-11,17-18,25,31H,6-7,9H2,1H3,(H,26,27,28)/t11-,17+,18-/m1/s1. The Balaban J connectivity index is 1.49. The Morgan fingerprint density at radius 3 is 2.72 bits per heavy atom. The first kappa shape index (κ1) is 25.7. The second-order valence-corrected chi connectivity index (χ2v) is 9.52. The van der Waals surface area contributed by atoms with Crippen LogP contribution in [0.1, 0.15) is 34.5 Å². The van der Waals surface area contributed by atoms with Crippen LogP contribution >= 0.6 is 0 Å². The summed E-state index contributed by atoms with van der Waals surface area (Å²) in [7, 11) is -2.84. The van der Waals surface area contributed by atoms with Crippen molar-refractivity contribution < 1.29 is 35.7 Å². The number of aromatic nitrogens is 4. The number of benzene rings is 1. The van der Waals surface area contributed by atoms with E-state index < -0.39 is 63.9 Å². The van der Waals surface area contributed by atoms with Gasteiger partial charge < -0.3 is 10.4 Å². The molecule has 0 bridgehead atoms. The molecule has 1 saturated carbocycles. The maximum Gasteiger partial charge on any atom is 0.335 e. The number of ketones is 1. The van der Waals surface area contributed by atoms with Crippen molar-refractivity contribution in [2.24, 2.45) is 0 Å². The minimum Gasteiger partial charge on any atom is -0.390 e. The molecular formula is C21H21F3N6O5S. The average Bonchev–Trinajstić information content (AvgIpc) is 3.45. The molecule has 2 heterocycles. The Morgan fingerprint density at radius 1 is 1.22 bits per heavy atom. The molecule has 2 aromatic heterocycles. The molecule has 1 aliphatic carbocycles. The van der Waals surface area contributed by atoms with Gasteiger partial charge in [0, 0.05) is 31.0 Å². The second-order valence-electron chi connectivity index (χ2n) is 8.01. The Kier molecular flexibility index (Phi) is 7.35. The molecule has 4 rings (SSSR count). The number of carbonyl (C=O) groups excluding carboxylic acids is 1. The molecule has 36 heavy (non-hydrogen) atoms. The van der Waals surface area contributed by atoms with E-state index in [1.165, 1.54) is 31.8 Å². The maximum absolute atomic E-state index is 14.0. The van der Waals surface area contributed by atoms with Crippen LogP contribution in [-0.4, -0.2) is 64.4 Å². The van der Waals surface area contributed by atoms with Crippen LogP contribution in [-0.2, 0) is 21.0 Å². The number of carbonyl (C=O) groups is 1. The lowest BCUT2D eigenvalue weighted by atomic mass is 10.1. The monoisotopic (exact) mass is 526 g/mol. The van der Waals surface area contributed by atoms with Crippen molar-refractivity contribution in [3.8, 4) is 0 Å². The van der Waals surface area contributed by atoms with Gasteiger partial charge in [-0.25, -0.2) is 23.1 Å². The molecule has 3 atom stereocenters. The summed E-state index contributed by atoms with van der Waals surface area (Å²) in [6.45, 7) is -0.448. The highest BCUT2D eigenvalue weighted by Crippen LogP contribution is 2.28. The number of hydrogen-bond acceptors (Lipinski definition) is 9. The van der Waals surface area contributed by atoms with Gasteiger partial charge in [-0.3, -0.25) is 13.7 Å². The van der Waals surface area contributed by atoms with E-state index in [9.17, 15) is 31.5 Å². The Bertz CT molecular complexity index is 1390. The molecule has 0 spiro atoms. The van der Waals surface area contributed by atoms with Crippen molar-refractivity contribution in [3.63, 3.8) is 0 Å². The maximum atomic E-state index is 14.0. The summed E-state index contributed by atoms with van der Waals surface area (Å²) in [5, 5.41) is 17.2. The third-order valence-electron chi connectivity index (χ3n) is 5.60. The van der Waals surface area contributed by atoms with Crippen molar-refractivity contribution in [1.82, 2.24) is 24.5 Å². The Labute approximate surface area is 203 Å². The van der Waals surface area contributed by atoms with Crippen LogP contribution in [0.15, 0.2) is 36.9 Å². The fourth-order valence-corrected chi connectivity index (χ4v) is 4.43. The van der Waals surface area contributed by atoms with E-state index in [1.807, 2.05) is 4.72 Å².